The van der Waals surface area contributed by atoms with Crippen LogP contribution in [-0.4, -0.2) is 26.3 Å². The molecule has 0 aliphatic heterocycles. The monoisotopic (exact) mass is 273 g/mol. The van der Waals surface area contributed by atoms with Gasteiger partial charge in [-0.2, -0.15) is 15.4 Å². The lowest BCUT2D eigenvalue weighted by Crippen LogP contribution is -2.30. The maximum absolute atomic E-state index is 12.2. The number of nitrogens with zero attached hydrogens (tertiary/aromatic N) is 3. The fourth-order valence-corrected chi connectivity index (χ4v) is 2.06. The molecule has 1 amide bonds. The van der Waals surface area contributed by atoms with Crippen molar-refractivity contribution in [3.63, 3.8) is 0 Å². The summed E-state index contributed by atoms with van der Waals surface area (Å²) in [5.41, 5.74) is 1.93. The van der Waals surface area contributed by atoms with E-state index in [1.807, 2.05) is 12.1 Å². The van der Waals surface area contributed by atoms with E-state index in [9.17, 15) is 4.79 Å². The minimum Gasteiger partial charge on any atom is -0.344 e. The van der Waals surface area contributed by atoms with Crippen LogP contribution in [0.4, 0.5) is 0 Å². The number of hydrogen-bond acceptors (Lipinski definition) is 4. The predicted octanol–water partition coefficient (Wildman–Crippen LogP) is 2.03. The van der Waals surface area contributed by atoms with Gasteiger partial charge in [-0.1, -0.05) is 19.9 Å². The van der Waals surface area contributed by atoms with Crippen molar-refractivity contribution in [1.29, 1.82) is 0 Å². The van der Waals surface area contributed by atoms with E-state index in [0.29, 0.717) is 17.3 Å². The second-order valence-electron chi connectivity index (χ2n) is 5.20. The Morgan fingerprint density at radius 3 is 2.75 bits per heavy atom. The summed E-state index contributed by atoms with van der Waals surface area (Å²) >= 11 is 0. The third kappa shape index (κ3) is 3.40. The largest absolute Gasteiger partial charge is 0.344 e. The molecule has 0 aromatic carbocycles. The number of aromatic nitrogens is 4. The molecule has 20 heavy (non-hydrogen) atoms. The Balaban J connectivity index is 2.16. The normalized spacial score (nSPS) is 12.4. The van der Waals surface area contributed by atoms with Crippen LogP contribution >= 0.6 is 0 Å². The summed E-state index contributed by atoms with van der Waals surface area (Å²) in [5.74, 6) is 0.240. The first-order valence-corrected chi connectivity index (χ1v) is 6.66. The molecule has 106 valence electrons. The smallest absolute Gasteiger partial charge is 0.274 e. The Kier molecular flexibility index (Phi) is 4.45. The summed E-state index contributed by atoms with van der Waals surface area (Å²) in [6, 6.07) is 3.76. The number of amides is 1. The van der Waals surface area contributed by atoms with Crippen LogP contribution in [0.3, 0.4) is 0 Å². The van der Waals surface area contributed by atoms with Crippen molar-refractivity contribution in [2.24, 2.45) is 5.92 Å². The van der Waals surface area contributed by atoms with Crippen LogP contribution in [-0.2, 0) is 0 Å². The van der Waals surface area contributed by atoms with Gasteiger partial charge in [0.25, 0.3) is 5.91 Å². The highest BCUT2D eigenvalue weighted by atomic mass is 16.2. The van der Waals surface area contributed by atoms with Crippen LogP contribution in [0.15, 0.2) is 24.5 Å². The van der Waals surface area contributed by atoms with E-state index in [1.165, 1.54) is 0 Å². The zero-order valence-corrected chi connectivity index (χ0v) is 11.9. The average molecular weight is 273 g/mol. The van der Waals surface area contributed by atoms with Crippen LogP contribution in [0.5, 0.6) is 0 Å². The Labute approximate surface area is 118 Å². The molecule has 0 aliphatic carbocycles. The van der Waals surface area contributed by atoms with E-state index in [-0.39, 0.29) is 11.9 Å². The van der Waals surface area contributed by atoms with Crippen molar-refractivity contribution in [3.05, 3.63) is 41.5 Å². The zero-order valence-electron chi connectivity index (χ0n) is 11.9. The Morgan fingerprint density at radius 2 is 2.20 bits per heavy atom. The van der Waals surface area contributed by atoms with E-state index in [1.54, 1.807) is 19.3 Å². The van der Waals surface area contributed by atoms with Gasteiger partial charge >= 0.3 is 0 Å². The SMILES string of the molecule is Cc1n[nH]nc1C(=O)N[C@@H](CC(C)C)c1cccnc1. The number of nitrogens with one attached hydrogen (secondary N) is 2. The second kappa shape index (κ2) is 6.27. The molecule has 0 bridgehead atoms. The van der Waals surface area contributed by atoms with Crippen LogP contribution in [0.2, 0.25) is 0 Å². The van der Waals surface area contributed by atoms with Crippen molar-refractivity contribution in [3.8, 4) is 0 Å². The molecule has 0 radical (unpaired) electrons. The van der Waals surface area contributed by atoms with E-state index < -0.39 is 0 Å². The Morgan fingerprint density at radius 1 is 1.40 bits per heavy atom. The van der Waals surface area contributed by atoms with Crippen molar-refractivity contribution in [1.82, 2.24) is 25.7 Å². The molecule has 2 rings (SSSR count). The van der Waals surface area contributed by atoms with Gasteiger partial charge in [0, 0.05) is 12.4 Å². The van der Waals surface area contributed by atoms with E-state index in [4.69, 9.17) is 0 Å². The summed E-state index contributed by atoms with van der Waals surface area (Å²) in [5, 5.41) is 13.2. The molecule has 2 aromatic rings. The predicted molar refractivity (Wildman–Crippen MR) is 75.0 cm³/mol. The molecule has 0 saturated carbocycles. The number of H-pyrrole nitrogens is 1. The highest BCUT2D eigenvalue weighted by Crippen LogP contribution is 2.21. The van der Waals surface area contributed by atoms with E-state index >= 15 is 0 Å². The van der Waals surface area contributed by atoms with Gasteiger partial charge in [-0.15, -0.1) is 0 Å². The lowest BCUT2D eigenvalue weighted by Gasteiger charge is -2.20. The number of aromatic amines is 1. The molecule has 0 spiro atoms. The minimum atomic E-state index is -0.217. The van der Waals surface area contributed by atoms with Gasteiger partial charge in [0.15, 0.2) is 5.69 Å². The van der Waals surface area contributed by atoms with E-state index in [0.717, 1.165) is 12.0 Å². The third-order valence-electron chi connectivity index (χ3n) is 3.04. The molecule has 0 fully saturated rings. The van der Waals surface area contributed by atoms with Crippen LogP contribution in [0.25, 0.3) is 0 Å². The van der Waals surface area contributed by atoms with Crippen LogP contribution in [0, 0.1) is 12.8 Å². The molecule has 1 atom stereocenters. The molecule has 6 nitrogen and oxygen atoms in total. The number of hydrogen-bond donors (Lipinski definition) is 2. The summed E-state index contributed by atoms with van der Waals surface area (Å²) in [7, 11) is 0. The van der Waals surface area contributed by atoms with Gasteiger partial charge < -0.3 is 5.32 Å². The number of carbonyl (C=O) groups excluding carboxylic acids is 1. The standard InChI is InChI=1S/C14H19N5O/c1-9(2)7-12(11-5-4-6-15-8-11)16-14(20)13-10(3)17-19-18-13/h4-6,8-9,12H,7H2,1-3H3,(H,16,20)(H,17,18,19)/t12-/m0/s1. The van der Waals surface area contributed by atoms with Crippen LogP contribution < -0.4 is 5.32 Å². The number of carbonyl (C=O) groups is 1. The van der Waals surface area contributed by atoms with Gasteiger partial charge in [-0.3, -0.25) is 9.78 Å². The summed E-state index contributed by atoms with van der Waals surface area (Å²) < 4.78 is 0. The number of rotatable bonds is 5. The summed E-state index contributed by atoms with van der Waals surface area (Å²) in [6.07, 6.45) is 4.34. The zero-order chi connectivity index (χ0) is 14.5. The van der Waals surface area contributed by atoms with Gasteiger partial charge in [0.2, 0.25) is 0 Å². The topological polar surface area (TPSA) is 83.6 Å². The maximum Gasteiger partial charge on any atom is 0.274 e. The van der Waals surface area contributed by atoms with Crippen molar-refractivity contribution in [2.75, 3.05) is 0 Å². The first-order chi connectivity index (χ1) is 9.58. The second-order valence-corrected chi connectivity index (χ2v) is 5.20. The molecule has 2 N–H and O–H groups in total. The van der Waals surface area contributed by atoms with Gasteiger partial charge in [0.1, 0.15) is 0 Å². The molecule has 6 heteroatoms. The quantitative estimate of drug-likeness (QED) is 0.873. The van der Waals surface area contributed by atoms with Crippen molar-refractivity contribution < 1.29 is 4.79 Å². The summed E-state index contributed by atoms with van der Waals surface area (Å²) in [6.45, 7) is 5.99. The van der Waals surface area contributed by atoms with Crippen molar-refractivity contribution in [2.45, 2.75) is 33.2 Å². The summed E-state index contributed by atoms with van der Waals surface area (Å²) in [4.78, 5) is 16.4. The molecule has 0 unspecified atom stereocenters. The number of aryl methyl sites for hydroxylation is 1. The number of pyridine rings is 1. The fraction of sp³-hybridized carbons (Fsp3) is 0.429. The lowest BCUT2D eigenvalue weighted by atomic mass is 9.98. The Bertz CT molecular complexity index is 564. The molecule has 2 aromatic heterocycles. The minimum absolute atomic E-state index is 0.0766. The highest BCUT2D eigenvalue weighted by molar-refractivity contribution is 5.93. The van der Waals surface area contributed by atoms with Crippen molar-refractivity contribution >= 4 is 5.91 Å². The average Bonchev–Trinajstić information content (AvgIpc) is 2.85. The van der Waals surface area contributed by atoms with Gasteiger partial charge in [-0.05, 0) is 30.9 Å². The van der Waals surface area contributed by atoms with Gasteiger partial charge in [-0.25, -0.2) is 0 Å². The molecular formula is C14H19N5O. The first kappa shape index (κ1) is 14.2. The molecular weight excluding hydrogens is 254 g/mol. The molecule has 2 heterocycles. The molecule has 0 aliphatic rings. The van der Waals surface area contributed by atoms with E-state index in [2.05, 4.69) is 39.6 Å². The Hall–Kier alpha value is -2.24. The first-order valence-electron chi connectivity index (χ1n) is 6.66. The highest BCUT2D eigenvalue weighted by Gasteiger charge is 2.20. The fourth-order valence-electron chi connectivity index (χ4n) is 2.06. The lowest BCUT2D eigenvalue weighted by molar-refractivity contribution is 0.0926. The maximum atomic E-state index is 12.2. The van der Waals surface area contributed by atoms with Crippen LogP contribution in [0.1, 0.15) is 48.1 Å². The third-order valence-corrected chi connectivity index (χ3v) is 3.04. The molecule has 0 saturated heterocycles. The van der Waals surface area contributed by atoms with Gasteiger partial charge in [0.05, 0.1) is 11.7 Å².